The minimum atomic E-state index is -0.787. The lowest BCUT2D eigenvalue weighted by atomic mass is 10.0. The number of hydrogen-bond acceptors (Lipinski definition) is 6. The van der Waals surface area contributed by atoms with Gasteiger partial charge in [-0.05, 0) is 52.2 Å². The van der Waals surface area contributed by atoms with Crippen LogP contribution in [0.5, 0.6) is 0 Å². The number of nitrogens with one attached hydrogen (secondary N) is 1. The number of piperidine rings is 1. The molecule has 4 aliphatic rings. The second kappa shape index (κ2) is 7.68. The van der Waals surface area contributed by atoms with Gasteiger partial charge in [-0.2, -0.15) is 0 Å². The molecule has 4 aliphatic heterocycles. The van der Waals surface area contributed by atoms with Crippen LogP contribution >= 0.6 is 0 Å². The smallest absolute Gasteiger partial charge is 0.410 e. The first-order valence-corrected chi connectivity index (χ1v) is 11.7. The third-order valence-electron chi connectivity index (χ3n) is 7.11. The van der Waals surface area contributed by atoms with Crippen molar-refractivity contribution in [3.8, 4) is 0 Å². The number of hydrogen-bond donors (Lipinski definition) is 1. The van der Waals surface area contributed by atoms with Crippen molar-refractivity contribution in [2.24, 2.45) is 0 Å². The van der Waals surface area contributed by atoms with Crippen molar-refractivity contribution >= 4 is 29.5 Å². The quantitative estimate of drug-likeness (QED) is 0.662. The second-order valence-corrected chi connectivity index (χ2v) is 10.6. The average molecular weight is 473 g/mol. The van der Waals surface area contributed by atoms with E-state index in [0.717, 1.165) is 6.42 Å². The molecule has 2 bridgehead atoms. The van der Waals surface area contributed by atoms with Gasteiger partial charge in [-0.15, -0.1) is 0 Å². The summed E-state index contributed by atoms with van der Waals surface area (Å²) in [7, 11) is 0. The highest BCUT2D eigenvalue weighted by Gasteiger charge is 2.48. The maximum absolute atomic E-state index is 15.8. The number of likely N-dealkylation sites (tertiary alicyclic amines) is 1. The van der Waals surface area contributed by atoms with Crippen LogP contribution in [0.2, 0.25) is 0 Å². The van der Waals surface area contributed by atoms with Gasteiger partial charge in [-0.1, -0.05) is 0 Å². The number of halogens is 1. The number of piperazine rings is 1. The highest BCUT2D eigenvalue weighted by Crippen LogP contribution is 2.41. The van der Waals surface area contributed by atoms with Gasteiger partial charge in [-0.3, -0.25) is 19.7 Å². The SMILES string of the molecule is Cc1cc(N2C[C@H]3C[C@@H]2CN3C(=O)OC(C)(C)C)c(F)c2c1C(=O)N(C1CCC(=O)NC1=O)C2. The summed E-state index contributed by atoms with van der Waals surface area (Å²) in [6.45, 7) is 8.19. The van der Waals surface area contributed by atoms with E-state index in [1.54, 1.807) is 17.9 Å². The van der Waals surface area contributed by atoms with E-state index < -0.39 is 23.4 Å². The topological polar surface area (TPSA) is 99.3 Å². The first-order valence-electron chi connectivity index (χ1n) is 11.7. The molecular formula is C24H29FN4O5. The van der Waals surface area contributed by atoms with Gasteiger partial charge < -0.3 is 19.4 Å². The maximum Gasteiger partial charge on any atom is 0.410 e. The zero-order valence-corrected chi connectivity index (χ0v) is 19.8. The van der Waals surface area contributed by atoms with Crippen LogP contribution in [0.3, 0.4) is 0 Å². The molecule has 4 heterocycles. The summed E-state index contributed by atoms with van der Waals surface area (Å²) in [5.41, 5.74) is 1.08. The summed E-state index contributed by atoms with van der Waals surface area (Å²) in [5.74, 6) is -1.72. The van der Waals surface area contributed by atoms with Crippen LogP contribution in [-0.2, 0) is 20.9 Å². The van der Waals surface area contributed by atoms with E-state index in [0.29, 0.717) is 29.9 Å². The Morgan fingerprint density at radius 1 is 1.15 bits per heavy atom. The van der Waals surface area contributed by atoms with Crippen molar-refractivity contribution < 1.29 is 28.3 Å². The number of ether oxygens (including phenoxy) is 1. The Bertz CT molecular complexity index is 1110. The van der Waals surface area contributed by atoms with Gasteiger partial charge in [0.1, 0.15) is 11.6 Å². The fourth-order valence-corrected chi connectivity index (χ4v) is 5.62. The average Bonchev–Trinajstić information content (AvgIpc) is 3.42. The Kier molecular flexibility index (Phi) is 5.11. The van der Waals surface area contributed by atoms with Gasteiger partial charge in [0.25, 0.3) is 5.91 Å². The Morgan fingerprint density at radius 3 is 2.50 bits per heavy atom. The lowest BCUT2D eigenvalue weighted by molar-refractivity contribution is -0.136. The van der Waals surface area contributed by atoms with Gasteiger partial charge in [0.15, 0.2) is 5.82 Å². The summed E-state index contributed by atoms with van der Waals surface area (Å²) in [6, 6.07) is 0.811. The van der Waals surface area contributed by atoms with Gasteiger partial charge in [0.2, 0.25) is 11.8 Å². The molecule has 4 amide bonds. The summed E-state index contributed by atoms with van der Waals surface area (Å²) >= 11 is 0. The zero-order chi connectivity index (χ0) is 24.5. The monoisotopic (exact) mass is 472 g/mol. The minimum Gasteiger partial charge on any atom is -0.444 e. The Hall–Kier alpha value is -3.17. The van der Waals surface area contributed by atoms with Crippen molar-refractivity contribution in [1.82, 2.24) is 15.1 Å². The molecule has 1 aromatic rings. The molecule has 0 spiro atoms. The van der Waals surface area contributed by atoms with Crippen LogP contribution in [0.15, 0.2) is 6.07 Å². The maximum atomic E-state index is 15.8. The molecule has 1 N–H and O–H groups in total. The van der Waals surface area contributed by atoms with Crippen LogP contribution in [0.4, 0.5) is 14.9 Å². The minimum absolute atomic E-state index is 0.00702. The number of anilines is 1. The van der Waals surface area contributed by atoms with E-state index in [2.05, 4.69) is 5.32 Å². The van der Waals surface area contributed by atoms with E-state index in [9.17, 15) is 19.2 Å². The van der Waals surface area contributed by atoms with Crippen LogP contribution in [-0.4, -0.2) is 70.4 Å². The van der Waals surface area contributed by atoms with Crippen molar-refractivity contribution in [1.29, 1.82) is 0 Å². The molecule has 0 saturated carbocycles. The largest absolute Gasteiger partial charge is 0.444 e. The third-order valence-corrected chi connectivity index (χ3v) is 7.11. The zero-order valence-electron chi connectivity index (χ0n) is 19.8. The van der Waals surface area contributed by atoms with E-state index in [4.69, 9.17) is 4.74 Å². The summed E-state index contributed by atoms with van der Waals surface area (Å²) < 4.78 is 21.3. The molecule has 10 heteroatoms. The number of rotatable bonds is 2. The standard InChI is InChI=1S/C24H29FN4O5/c1-12-7-17(27-9-14-8-13(27)10-28(14)23(33)34-24(2,3)4)20(25)15-11-29(22(32)19(12)15)16-5-6-18(30)26-21(16)31/h7,13-14,16H,5-6,8-11H2,1-4H3,(H,26,30,31)/t13-,14-,16?/m1/s1. The first-order chi connectivity index (χ1) is 15.9. The number of nitrogens with zero attached hydrogens (tertiary/aromatic N) is 3. The van der Waals surface area contributed by atoms with Gasteiger partial charge in [0.05, 0.1) is 23.8 Å². The summed E-state index contributed by atoms with van der Waals surface area (Å²) in [6.07, 6.45) is 0.759. The first kappa shape index (κ1) is 22.6. The fourth-order valence-electron chi connectivity index (χ4n) is 5.62. The van der Waals surface area contributed by atoms with Crippen molar-refractivity contribution in [2.75, 3.05) is 18.0 Å². The highest BCUT2D eigenvalue weighted by atomic mass is 19.1. The van der Waals surface area contributed by atoms with Crippen LogP contribution in [0.1, 0.15) is 61.5 Å². The number of aryl methyl sites for hydroxylation is 1. The van der Waals surface area contributed by atoms with Gasteiger partial charge in [0, 0.05) is 31.1 Å². The summed E-state index contributed by atoms with van der Waals surface area (Å²) in [5, 5.41) is 2.27. The number of carbonyl (C=O) groups excluding carboxylic acids is 4. The number of imide groups is 1. The number of amides is 4. The summed E-state index contributed by atoms with van der Waals surface area (Å²) in [4.78, 5) is 54.6. The van der Waals surface area contributed by atoms with E-state index in [1.807, 2.05) is 25.7 Å². The second-order valence-electron chi connectivity index (χ2n) is 10.6. The Labute approximate surface area is 197 Å². The van der Waals surface area contributed by atoms with Crippen LogP contribution in [0.25, 0.3) is 0 Å². The predicted octanol–water partition coefficient (Wildman–Crippen LogP) is 2.09. The molecule has 34 heavy (non-hydrogen) atoms. The van der Waals surface area contributed by atoms with E-state index in [-0.39, 0.29) is 54.9 Å². The van der Waals surface area contributed by atoms with Gasteiger partial charge in [-0.25, -0.2) is 9.18 Å². The lowest BCUT2D eigenvalue weighted by Gasteiger charge is -2.36. The lowest BCUT2D eigenvalue weighted by Crippen LogP contribution is -2.52. The third kappa shape index (κ3) is 3.59. The normalized spacial score (nSPS) is 26.3. The fraction of sp³-hybridized carbons (Fsp3) is 0.583. The van der Waals surface area contributed by atoms with Gasteiger partial charge >= 0.3 is 6.09 Å². The molecule has 3 fully saturated rings. The van der Waals surface area contributed by atoms with Crippen molar-refractivity contribution in [2.45, 2.75) is 77.2 Å². The molecule has 182 valence electrons. The highest BCUT2D eigenvalue weighted by molar-refractivity contribution is 6.06. The molecule has 3 saturated heterocycles. The number of fused-ring (bicyclic) bond motifs is 3. The predicted molar refractivity (Wildman–Crippen MR) is 120 cm³/mol. The number of carbonyl (C=O) groups is 4. The Balaban J connectivity index is 1.37. The molecule has 0 radical (unpaired) electrons. The molecular weight excluding hydrogens is 443 g/mol. The van der Waals surface area contributed by atoms with Crippen LogP contribution in [0, 0.1) is 12.7 Å². The van der Waals surface area contributed by atoms with Crippen molar-refractivity contribution in [3.63, 3.8) is 0 Å². The van der Waals surface area contributed by atoms with Crippen molar-refractivity contribution in [3.05, 3.63) is 28.6 Å². The Morgan fingerprint density at radius 2 is 1.88 bits per heavy atom. The molecule has 3 atom stereocenters. The molecule has 0 aliphatic carbocycles. The van der Waals surface area contributed by atoms with E-state index >= 15 is 4.39 Å². The molecule has 5 rings (SSSR count). The molecule has 0 aromatic heterocycles. The molecule has 1 aromatic carbocycles. The molecule has 9 nitrogen and oxygen atoms in total. The van der Waals surface area contributed by atoms with E-state index in [1.165, 1.54) is 4.90 Å². The van der Waals surface area contributed by atoms with Crippen LogP contribution < -0.4 is 10.2 Å². The number of benzene rings is 1. The molecule has 1 unspecified atom stereocenters.